The largest absolute Gasteiger partial charge is 0.372 e. The number of anilines is 1. The number of hydrogen-bond donors (Lipinski definition) is 1. The van der Waals surface area contributed by atoms with Gasteiger partial charge in [0.25, 0.3) is 0 Å². The first-order valence-corrected chi connectivity index (χ1v) is 6.81. The third kappa shape index (κ3) is 2.63. The summed E-state index contributed by atoms with van der Waals surface area (Å²) in [6.07, 6.45) is 3.86. The molecule has 2 rings (SSSR count). The molecule has 4 heteroatoms. The fourth-order valence-corrected chi connectivity index (χ4v) is 2.69. The van der Waals surface area contributed by atoms with E-state index < -0.39 is 0 Å². The van der Waals surface area contributed by atoms with Crippen molar-refractivity contribution in [1.82, 2.24) is 0 Å². The van der Waals surface area contributed by atoms with E-state index in [1.807, 2.05) is 24.1 Å². The van der Waals surface area contributed by atoms with Gasteiger partial charge in [-0.2, -0.15) is 0 Å². The highest BCUT2D eigenvalue weighted by Crippen LogP contribution is 2.32. The Hall–Kier alpha value is -0.610. The smallest absolute Gasteiger partial charge is 0.160 e. The molecule has 1 aromatic rings. The van der Waals surface area contributed by atoms with Gasteiger partial charge < -0.3 is 10.6 Å². The van der Waals surface area contributed by atoms with Crippen molar-refractivity contribution in [2.45, 2.75) is 25.8 Å². The van der Waals surface area contributed by atoms with Gasteiger partial charge in [0.05, 0.1) is 10.2 Å². The fraction of sp³-hybridized carbons (Fsp3) is 0.538. The lowest BCUT2D eigenvalue weighted by Gasteiger charge is -2.31. The second-order valence-corrected chi connectivity index (χ2v) is 5.55. The Balaban J connectivity index is 2.16. The molecule has 1 aliphatic carbocycles. The first-order chi connectivity index (χ1) is 8.13. The maximum absolute atomic E-state index is 14.1. The van der Waals surface area contributed by atoms with E-state index in [0.29, 0.717) is 16.7 Å². The molecule has 17 heavy (non-hydrogen) atoms. The van der Waals surface area contributed by atoms with E-state index in [0.717, 1.165) is 18.0 Å². The van der Waals surface area contributed by atoms with Gasteiger partial charge in [0.2, 0.25) is 0 Å². The minimum absolute atomic E-state index is 0.199. The van der Waals surface area contributed by atoms with E-state index in [1.165, 1.54) is 19.3 Å². The Kier molecular flexibility index (Phi) is 4.05. The first-order valence-electron chi connectivity index (χ1n) is 6.01. The predicted octanol–water partition coefficient (Wildman–Crippen LogP) is 3.28. The molecule has 1 fully saturated rings. The number of rotatable bonds is 4. The van der Waals surface area contributed by atoms with Gasteiger partial charge >= 0.3 is 0 Å². The summed E-state index contributed by atoms with van der Waals surface area (Å²) in [7, 11) is 1.95. The van der Waals surface area contributed by atoms with Gasteiger partial charge in [-0.05, 0) is 46.3 Å². The summed E-state index contributed by atoms with van der Waals surface area (Å²) < 4.78 is 14.6. The molecule has 0 aliphatic heterocycles. The average molecular weight is 301 g/mol. The maximum Gasteiger partial charge on any atom is 0.160 e. The summed E-state index contributed by atoms with van der Waals surface area (Å²) in [6, 6.07) is 3.71. The topological polar surface area (TPSA) is 29.3 Å². The number of nitrogens with two attached hydrogens (primary N) is 1. The molecule has 94 valence electrons. The van der Waals surface area contributed by atoms with Gasteiger partial charge in [-0.25, -0.2) is 4.39 Å². The third-order valence-electron chi connectivity index (χ3n) is 3.53. The third-order valence-corrected chi connectivity index (χ3v) is 4.39. The monoisotopic (exact) mass is 300 g/mol. The Labute approximate surface area is 110 Å². The van der Waals surface area contributed by atoms with Crippen LogP contribution in [0.15, 0.2) is 16.6 Å². The standard InChI is InChI=1S/C13H18BrFN2/c1-17(8-9-3-2-4-9)11-6-5-10(7-16)12(14)13(11)15/h5-6,9H,2-4,7-8,16H2,1H3. The number of halogens is 2. The SMILES string of the molecule is CN(CC1CCC1)c1ccc(CN)c(Br)c1F. The van der Waals surface area contributed by atoms with Crippen molar-refractivity contribution in [1.29, 1.82) is 0 Å². The zero-order valence-corrected chi connectivity index (χ0v) is 11.6. The molecule has 1 aliphatic rings. The summed E-state index contributed by atoms with van der Waals surface area (Å²) in [5.74, 6) is 0.530. The Morgan fingerprint density at radius 1 is 1.47 bits per heavy atom. The van der Waals surface area contributed by atoms with E-state index in [-0.39, 0.29) is 5.82 Å². The zero-order chi connectivity index (χ0) is 12.4. The molecule has 0 unspecified atom stereocenters. The fourth-order valence-electron chi connectivity index (χ4n) is 2.19. The van der Waals surface area contributed by atoms with Gasteiger partial charge in [-0.15, -0.1) is 0 Å². The Morgan fingerprint density at radius 2 is 2.18 bits per heavy atom. The highest BCUT2D eigenvalue weighted by atomic mass is 79.9. The molecule has 0 saturated heterocycles. The van der Waals surface area contributed by atoms with Crippen molar-refractivity contribution in [2.24, 2.45) is 11.7 Å². The van der Waals surface area contributed by atoms with Crippen LogP contribution in [-0.2, 0) is 6.54 Å². The van der Waals surface area contributed by atoms with Gasteiger partial charge in [0.15, 0.2) is 5.82 Å². The van der Waals surface area contributed by atoms with Gasteiger partial charge in [0.1, 0.15) is 0 Å². The average Bonchev–Trinajstić information content (AvgIpc) is 2.27. The van der Waals surface area contributed by atoms with Crippen LogP contribution in [0.4, 0.5) is 10.1 Å². The summed E-state index contributed by atoms with van der Waals surface area (Å²) in [6.45, 7) is 1.29. The van der Waals surface area contributed by atoms with E-state index in [4.69, 9.17) is 5.73 Å². The maximum atomic E-state index is 14.1. The van der Waals surface area contributed by atoms with E-state index >= 15 is 0 Å². The van der Waals surface area contributed by atoms with E-state index in [9.17, 15) is 4.39 Å². The van der Waals surface area contributed by atoms with Crippen molar-refractivity contribution in [2.75, 3.05) is 18.5 Å². The van der Waals surface area contributed by atoms with Crippen LogP contribution in [0.2, 0.25) is 0 Å². The molecule has 0 amide bonds. The number of nitrogens with zero attached hydrogens (tertiary/aromatic N) is 1. The van der Waals surface area contributed by atoms with Crippen LogP contribution in [0.3, 0.4) is 0 Å². The van der Waals surface area contributed by atoms with Crippen molar-refractivity contribution < 1.29 is 4.39 Å². The molecule has 0 spiro atoms. The van der Waals surface area contributed by atoms with Crippen molar-refractivity contribution in [3.05, 3.63) is 28.0 Å². The minimum Gasteiger partial charge on any atom is -0.372 e. The summed E-state index contributed by atoms with van der Waals surface area (Å²) in [5.41, 5.74) is 7.01. The van der Waals surface area contributed by atoms with Crippen LogP contribution >= 0.6 is 15.9 Å². The van der Waals surface area contributed by atoms with Crippen molar-refractivity contribution >= 4 is 21.6 Å². The molecule has 0 atom stereocenters. The molecule has 0 heterocycles. The number of hydrogen-bond acceptors (Lipinski definition) is 2. The van der Waals surface area contributed by atoms with Crippen LogP contribution in [0.1, 0.15) is 24.8 Å². The van der Waals surface area contributed by atoms with Crippen molar-refractivity contribution in [3.63, 3.8) is 0 Å². The highest BCUT2D eigenvalue weighted by molar-refractivity contribution is 9.10. The van der Waals surface area contributed by atoms with Crippen LogP contribution in [-0.4, -0.2) is 13.6 Å². The summed E-state index contributed by atoms with van der Waals surface area (Å²) >= 11 is 3.28. The van der Waals surface area contributed by atoms with Gasteiger partial charge in [0, 0.05) is 20.1 Å². The molecule has 2 nitrogen and oxygen atoms in total. The van der Waals surface area contributed by atoms with E-state index in [2.05, 4.69) is 15.9 Å². The molecular weight excluding hydrogens is 283 g/mol. The lowest BCUT2D eigenvalue weighted by atomic mass is 9.85. The van der Waals surface area contributed by atoms with Crippen LogP contribution in [0, 0.1) is 11.7 Å². The van der Waals surface area contributed by atoms with Crippen LogP contribution < -0.4 is 10.6 Å². The molecule has 0 aromatic heterocycles. The normalized spacial score (nSPS) is 15.8. The molecule has 0 bridgehead atoms. The Bertz CT molecular complexity index is 405. The minimum atomic E-state index is -0.199. The van der Waals surface area contributed by atoms with Crippen molar-refractivity contribution in [3.8, 4) is 0 Å². The Morgan fingerprint density at radius 3 is 2.71 bits per heavy atom. The lowest BCUT2D eigenvalue weighted by Crippen LogP contribution is -2.30. The molecule has 2 N–H and O–H groups in total. The second-order valence-electron chi connectivity index (χ2n) is 4.75. The molecule has 0 radical (unpaired) electrons. The van der Waals surface area contributed by atoms with Crippen LogP contribution in [0.5, 0.6) is 0 Å². The zero-order valence-electron chi connectivity index (χ0n) is 10.0. The van der Waals surface area contributed by atoms with Gasteiger partial charge in [-0.3, -0.25) is 0 Å². The lowest BCUT2D eigenvalue weighted by molar-refractivity contribution is 0.321. The summed E-state index contributed by atoms with van der Waals surface area (Å²) in [4.78, 5) is 2.00. The first kappa shape index (κ1) is 12.8. The van der Waals surface area contributed by atoms with Crippen LogP contribution in [0.25, 0.3) is 0 Å². The molecule has 1 saturated carbocycles. The van der Waals surface area contributed by atoms with E-state index in [1.54, 1.807) is 0 Å². The second kappa shape index (κ2) is 5.36. The molecular formula is C13H18BrFN2. The highest BCUT2D eigenvalue weighted by Gasteiger charge is 2.21. The summed E-state index contributed by atoms with van der Waals surface area (Å²) in [5, 5.41) is 0. The quantitative estimate of drug-likeness (QED) is 0.924. The predicted molar refractivity (Wildman–Crippen MR) is 72.6 cm³/mol. The molecule has 1 aromatic carbocycles. The van der Waals surface area contributed by atoms with Gasteiger partial charge in [-0.1, -0.05) is 12.5 Å². The number of benzene rings is 1.